The minimum Gasteiger partial charge on any atom is -0.383 e. The van der Waals surface area contributed by atoms with Gasteiger partial charge in [-0.3, -0.25) is 4.68 Å². The van der Waals surface area contributed by atoms with Gasteiger partial charge in [-0.2, -0.15) is 5.10 Å². The number of ether oxygens (including phenoxy) is 1. The molecule has 1 aromatic rings. The van der Waals surface area contributed by atoms with E-state index in [1.807, 2.05) is 10.9 Å². The van der Waals surface area contributed by atoms with Crippen molar-refractivity contribution in [1.29, 1.82) is 0 Å². The van der Waals surface area contributed by atoms with Crippen LogP contribution in [0.25, 0.3) is 0 Å². The second-order valence-corrected chi connectivity index (χ2v) is 4.59. The van der Waals surface area contributed by atoms with Crippen molar-refractivity contribution >= 4 is 0 Å². The van der Waals surface area contributed by atoms with E-state index in [2.05, 4.69) is 44.3 Å². The molecular formula is C12H23N3O. The molecule has 0 bridgehead atoms. The van der Waals surface area contributed by atoms with E-state index in [-0.39, 0.29) is 0 Å². The number of hydrogen-bond acceptors (Lipinski definition) is 3. The summed E-state index contributed by atoms with van der Waals surface area (Å²) in [5, 5.41) is 7.81. The van der Waals surface area contributed by atoms with Crippen LogP contribution in [0, 0.1) is 0 Å². The highest BCUT2D eigenvalue weighted by Crippen LogP contribution is 2.14. The van der Waals surface area contributed by atoms with Crippen LogP contribution in [0.1, 0.15) is 45.3 Å². The lowest BCUT2D eigenvalue weighted by Gasteiger charge is -2.18. The van der Waals surface area contributed by atoms with Crippen LogP contribution >= 0.6 is 0 Å². The molecule has 1 aromatic heterocycles. The van der Waals surface area contributed by atoms with Gasteiger partial charge in [0, 0.05) is 37.0 Å². The molecule has 0 amide bonds. The number of aromatic nitrogens is 2. The predicted octanol–water partition coefficient (Wildman–Crippen LogP) is 2.15. The molecule has 1 heterocycles. The summed E-state index contributed by atoms with van der Waals surface area (Å²) in [4.78, 5) is 0. The van der Waals surface area contributed by atoms with Crippen molar-refractivity contribution in [3.05, 3.63) is 18.0 Å². The van der Waals surface area contributed by atoms with Gasteiger partial charge in [0.15, 0.2) is 0 Å². The minimum absolute atomic E-state index is 0.303. The zero-order valence-corrected chi connectivity index (χ0v) is 10.9. The van der Waals surface area contributed by atoms with Gasteiger partial charge in [-0.05, 0) is 27.7 Å². The Balaban J connectivity index is 2.55. The van der Waals surface area contributed by atoms with E-state index in [1.165, 1.54) is 5.56 Å². The third kappa shape index (κ3) is 3.61. The van der Waals surface area contributed by atoms with Crippen LogP contribution in [-0.2, 0) is 4.74 Å². The van der Waals surface area contributed by atoms with Crippen LogP contribution in [0.2, 0.25) is 0 Å². The molecule has 1 rings (SSSR count). The van der Waals surface area contributed by atoms with Crippen molar-refractivity contribution in [3.63, 3.8) is 0 Å². The highest BCUT2D eigenvalue weighted by molar-refractivity contribution is 5.09. The summed E-state index contributed by atoms with van der Waals surface area (Å²) in [5.74, 6) is 0. The van der Waals surface area contributed by atoms with Gasteiger partial charge < -0.3 is 10.1 Å². The monoisotopic (exact) mass is 225 g/mol. The average molecular weight is 225 g/mol. The lowest BCUT2D eigenvalue weighted by Crippen LogP contribution is -2.32. The molecule has 92 valence electrons. The summed E-state index contributed by atoms with van der Waals surface area (Å²) in [7, 11) is 1.72. The lowest BCUT2D eigenvalue weighted by molar-refractivity contribution is 0.167. The number of nitrogens with zero attached hydrogens (tertiary/aromatic N) is 2. The highest BCUT2D eigenvalue weighted by Gasteiger charge is 2.11. The maximum atomic E-state index is 5.10. The van der Waals surface area contributed by atoms with Crippen LogP contribution in [0.15, 0.2) is 12.4 Å². The van der Waals surface area contributed by atoms with Crippen molar-refractivity contribution in [2.75, 3.05) is 13.7 Å². The molecule has 0 spiro atoms. The Kier molecular flexibility index (Phi) is 4.96. The lowest BCUT2D eigenvalue weighted by atomic mass is 10.1. The van der Waals surface area contributed by atoms with Gasteiger partial charge >= 0.3 is 0 Å². The molecule has 0 aliphatic rings. The summed E-state index contributed by atoms with van der Waals surface area (Å²) < 4.78 is 7.08. The molecule has 0 aromatic carbocycles. The van der Waals surface area contributed by atoms with E-state index < -0.39 is 0 Å². The maximum absolute atomic E-state index is 5.10. The number of nitrogens with one attached hydrogen (secondary N) is 1. The average Bonchev–Trinajstić information content (AvgIpc) is 2.66. The molecule has 2 atom stereocenters. The van der Waals surface area contributed by atoms with Gasteiger partial charge in [0.25, 0.3) is 0 Å². The smallest absolute Gasteiger partial charge is 0.0613 e. The molecule has 16 heavy (non-hydrogen) atoms. The fraction of sp³-hybridized carbons (Fsp3) is 0.750. The van der Waals surface area contributed by atoms with E-state index in [1.54, 1.807) is 7.11 Å². The number of hydrogen-bond donors (Lipinski definition) is 1. The molecule has 0 saturated carbocycles. The summed E-state index contributed by atoms with van der Waals surface area (Å²) in [5.41, 5.74) is 1.22. The molecule has 4 heteroatoms. The molecule has 0 fully saturated rings. The van der Waals surface area contributed by atoms with Crippen molar-refractivity contribution < 1.29 is 4.74 Å². The summed E-state index contributed by atoms with van der Waals surface area (Å²) in [6, 6.07) is 1.07. The summed E-state index contributed by atoms with van der Waals surface area (Å²) >= 11 is 0. The Morgan fingerprint density at radius 1 is 1.38 bits per heavy atom. The van der Waals surface area contributed by atoms with Crippen molar-refractivity contribution in [1.82, 2.24) is 15.1 Å². The Hall–Kier alpha value is -0.870. The predicted molar refractivity (Wildman–Crippen MR) is 65.5 cm³/mol. The van der Waals surface area contributed by atoms with Gasteiger partial charge in [0.05, 0.1) is 12.8 Å². The molecule has 0 aliphatic carbocycles. The molecular weight excluding hydrogens is 202 g/mol. The van der Waals surface area contributed by atoms with Crippen LogP contribution < -0.4 is 5.32 Å². The first-order chi connectivity index (χ1) is 7.54. The quantitative estimate of drug-likeness (QED) is 0.806. The van der Waals surface area contributed by atoms with Crippen molar-refractivity contribution in [3.8, 4) is 0 Å². The van der Waals surface area contributed by atoms with E-state index in [0.29, 0.717) is 18.1 Å². The van der Waals surface area contributed by atoms with Gasteiger partial charge in [-0.15, -0.1) is 0 Å². The van der Waals surface area contributed by atoms with Crippen LogP contribution in [-0.4, -0.2) is 29.5 Å². The Morgan fingerprint density at radius 3 is 2.56 bits per heavy atom. The molecule has 0 aliphatic heterocycles. The second-order valence-electron chi connectivity index (χ2n) is 4.59. The molecule has 2 unspecified atom stereocenters. The zero-order valence-electron chi connectivity index (χ0n) is 10.9. The van der Waals surface area contributed by atoms with E-state index in [0.717, 1.165) is 6.61 Å². The highest BCUT2D eigenvalue weighted by atomic mass is 16.5. The zero-order chi connectivity index (χ0) is 12.1. The first-order valence-corrected chi connectivity index (χ1v) is 5.83. The van der Waals surface area contributed by atoms with Crippen LogP contribution in [0.3, 0.4) is 0 Å². The number of methoxy groups -OCH3 is 1. The standard InChI is InChI=1S/C12H23N3O/c1-9(2)15-7-12(6-13-15)11(4)14-10(3)8-16-5/h6-7,9-11,14H,8H2,1-5H3. The Morgan fingerprint density at radius 2 is 2.06 bits per heavy atom. The Bertz CT molecular complexity index is 309. The Labute approximate surface area is 98.0 Å². The van der Waals surface area contributed by atoms with Gasteiger partial charge in [0.1, 0.15) is 0 Å². The van der Waals surface area contributed by atoms with E-state index in [4.69, 9.17) is 4.74 Å². The summed E-state index contributed by atoms with van der Waals surface area (Å²) in [6.45, 7) is 9.24. The van der Waals surface area contributed by atoms with E-state index >= 15 is 0 Å². The molecule has 0 radical (unpaired) electrons. The first-order valence-electron chi connectivity index (χ1n) is 5.83. The number of rotatable bonds is 6. The van der Waals surface area contributed by atoms with Crippen molar-refractivity contribution in [2.45, 2.75) is 45.8 Å². The fourth-order valence-electron chi connectivity index (χ4n) is 1.68. The van der Waals surface area contributed by atoms with Crippen molar-refractivity contribution in [2.24, 2.45) is 0 Å². The minimum atomic E-state index is 0.303. The van der Waals surface area contributed by atoms with Gasteiger partial charge in [0.2, 0.25) is 0 Å². The third-order valence-electron chi connectivity index (χ3n) is 2.60. The van der Waals surface area contributed by atoms with Gasteiger partial charge in [-0.25, -0.2) is 0 Å². The molecule has 0 saturated heterocycles. The SMILES string of the molecule is COCC(C)NC(C)c1cnn(C(C)C)c1. The second kappa shape index (κ2) is 6.01. The topological polar surface area (TPSA) is 39.1 Å². The molecule has 4 nitrogen and oxygen atoms in total. The largest absolute Gasteiger partial charge is 0.383 e. The van der Waals surface area contributed by atoms with Crippen LogP contribution in [0.4, 0.5) is 0 Å². The summed E-state index contributed by atoms with van der Waals surface area (Å²) in [6.07, 6.45) is 4.03. The third-order valence-corrected chi connectivity index (χ3v) is 2.60. The van der Waals surface area contributed by atoms with E-state index in [9.17, 15) is 0 Å². The maximum Gasteiger partial charge on any atom is 0.0613 e. The van der Waals surface area contributed by atoms with Gasteiger partial charge in [-0.1, -0.05) is 0 Å². The normalized spacial score (nSPS) is 15.4. The van der Waals surface area contributed by atoms with Crippen LogP contribution in [0.5, 0.6) is 0 Å². The first kappa shape index (κ1) is 13.2. The molecule has 1 N–H and O–H groups in total. The fourth-order valence-corrected chi connectivity index (χ4v) is 1.68.